The molecule has 0 spiro atoms. The van der Waals surface area contributed by atoms with Gasteiger partial charge in [0.15, 0.2) is 23.1 Å². The average molecular weight is 550 g/mol. The van der Waals surface area contributed by atoms with E-state index in [0.29, 0.717) is 47.1 Å². The summed E-state index contributed by atoms with van der Waals surface area (Å²) < 4.78 is 30.8. The summed E-state index contributed by atoms with van der Waals surface area (Å²) in [6.45, 7) is 10.5. The summed E-state index contributed by atoms with van der Waals surface area (Å²) >= 11 is 3.11. The molecule has 3 rings (SSSR count). The predicted molar refractivity (Wildman–Crippen MR) is 140 cm³/mol. The van der Waals surface area contributed by atoms with E-state index in [1.165, 1.54) is 0 Å². The van der Waals surface area contributed by atoms with Gasteiger partial charge in [-0.05, 0) is 43.0 Å². The highest BCUT2D eigenvalue weighted by molar-refractivity contribution is 9.08. The number of carbonyl (C=O) groups excluding carboxylic acids is 1. The summed E-state index contributed by atoms with van der Waals surface area (Å²) in [6, 6.07) is 5.17. The van der Waals surface area contributed by atoms with Gasteiger partial charge in [-0.25, -0.2) is 4.39 Å². The monoisotopic (exact) mass is 549 g/mol. The molecular formula is C26H33BrFN3O4. The molecule has 35 heavy (non-hydrogen) atoms. The SMILES string of the molecule is CCOc1cc2c(c(F)c1OCC)/C(=N/Br)N(CC(=O)c1cc(N(C)C)c(O)c(C(C)(C)C)c1)C2. The number of amidine groups is 1. The molecule has 7 nitrogen and oxygen atoms in total. The Morgan fingerprint density at radius 1 is 1.20 bits per heavy atom. The number of hydrogen-bond acceptors (Lipinski definition) is 6. The van der Waals surface area contributed by atoms with Crippen LogP contribution in [0.15, 0.2) is 22.2 Å². The second kappa shape index (κ2) is 10.4. The van der Waals surface area contributed by atoms with Gasteiger partial charge in [0.05, 0.1) is 47.2 Å². The normalized spacial score (nSPS) is 14.3. The van der Waals surface area contributed by atoms with Crippen LogP contribution in [0, 0.1) is 5.82 Å². The lowest BCUT2D eigenvalue weighted by Crippen LogP contribution is -2.31. The molecule has 0 unspecified atom stereocenters. The van der Waals surface area contributed by atoms with Crippen molar-refractivity contribution in [1.82, 2.24) is 4.90 Å². The Bertz CT molecular complexity index is 1160. The van der Waals surface area contributed by atoms with Crippen LogP contribution in [0.25, 0.3) is 0 Å². The van der Waals surface area contributed by atoms with Gasteiger partial charge >= 0.3 is 0 Å². The van der Waals surface area contributed by atoms with Crippen molar-refractivity contribution in [2.45, 2.75) is 46.6 Å². The highest BCUT2D eigenvalue weighted by Gasteiger charge is 2.34. The molecule has 1 aliphatic heterocycles. The number of phenolic OH excluding ortho intramolecular Hbond substituents is 1. The van der Waals surface area contributed by atoms with Gasteiger partial charge in [-0.3, -0.25) is 4.79 Å². The van der Waals surface area contributed by atoms with Crippen LogP contribution in [-0.4, -0.2) is 55.5 Å². The zero-order chi connectivity index (χ0) is 26.1. The third-order valence-corrected chi connectivity index (χ3v) is 6.19. The Labute approximate surface area is 214 Å². The van der Waals surface area contributed by atoms with Crippen LogP contribution in [0.5, 0.6) is 17.2 Å². The van der Waals surface area contributed by atoms with Crippen LogP contribution in [0.3, 0.4) is 0 Å². The second-order valence-corrected chi connectivity index (χ2v) is 10.00. The minimum absolute atomic E-state index is 0.0201. The Kier molecular flexibility index (Phi) is 7.99. The van der Waals surface area contributed by atoms with E-state index in [1.54, 1.807) is 34.9 Å². The number of hydrogen-bond donors (Lipinski definition) is 1. The van der Waals surface area contributed by atoms with Crippen molar-refractivity contribution in [2.24, 2.45) is 4.02 Å². The van der Waals surface area contributed by atoms with Crippen LogP contribution >= 0.6 is 16.1 Å². The van der Waals surface area contributed by atoms with Crippen LogP contribution in [0.4, 0.5) is 10.1 Å². The zero-order valence-electron chi connectivity index (χ0n) is 21.3. The van der Waals surface area contributed by atoms with Gasteiger partial charge in [-0.2, -0.15) is 4.02 Å². The molecule has 0 saturated carbocycles. The number of Topliss-reactive ketones (excluding diaryl/α,β-unsaturated/α-hetero) is 1. The van der Waals surface area contributed by atoms with Crippen molar-refractivity contribution >= 4 is 33.5 Å². The number of carbonyl (C=O) groups is 1. The molecule has 0 bridgehead atoms. The standard InChI is InChI=1S/C26H33BrFN3O4/c1-8-34-20-12-16-13-31(25(29-27)21(16)22(28)24(20)35-9-2)14-19(32)15-10-17(26(3,4)5)23(33)18(11-15)30(6)7/h10-12,33H,8-9,13-14H2,1-7H3/b29-25-. The first-order valence-electron chi connectivity index (χ1n) is 11.6. The van der Waals surface area contributed by atoms with E-state index >= 15 is 4.39 Å². The molecule has 190 valence electrons. The summed E-state index contributed by atoms with van der Waals surface area (Å²) in [7, 11) is 3.63. The Balaban J connectivity index is 2.00. The minimum Gasteiger partial charge on any atom is -0.505 e. The van der Waals surface area contributed by atoms with E-state index in [-0.39, 0.29) is 41.4 Å². The quantitative estimate of drug-likeness (QED) is 0.441. The first-order valence-corrected chi connectivity index (χ1v) is 12.3. The summed E-state index contributed by atoms with van der Waals surface area (Å²) in [5, 5.41) is 10.8. The summed E-state index contributed by atoms with van der Waals surface area (Å²) in [6.07, 6.45) is 0. The number of phenols is 1. The molecule has 1 N–H and O–H groups in total. The molecule has 0 fully saturated rings. The first kappa shape index (κ1) is 26.8. The molecule has 2 aromatic carbocycles. The van der Waals surface area contributed by atoms with E-state index < -0.39 is 5.82 Å². The molecule has 1 aliphatic rings. The third-order valence-electron chi connectivity index (χ3n) is 5.86. The number of rotatable bonds is 8. The van der Waals surface area contributed by atoms with Gasteiger partial charge in [-0.1, -0.05) is 20.8 Å². The van der Waals surface area contributed by atoms with E-state index in [0.717, 1.165) is 0 Å². The lowest BCUT2D eigenvalue weighted by molar-refractivity contribution is 0.0963. The van der Waals surface area contributed by atoms with Crippen LogP contribution < -0.4 is 14.4 Å². The first-order chi connectivity index (χ1) is 16.4. The Morgan fingerprint density at radius 2 is 1.86 bits per heavy atom. The zero-order valence-corrected chi connectivity index (χ0v) is 22.9. The number of nitrogens with zero attached hydrogens (tertiary/aromatic N) is 3. The van der Waals surface area contributed by atoms with Gasteiger partial charge < -0.3 is 24.4 Å². The summed E-state index contributed by atoms with van der Waals surface area (Å²) in [5.74, 6) is 0.114. The lowest BCUT2D eigenvalue weighted by Gasteiger charge is -2.26. The highest BCUT2D eigenvalue weighted by atomic mass is 79.9. The number of anilines is 1. The number of halogens is 2. The largest absolute Gasteiger partial charge is 0.505 e. The topological polar surface area (TPSA) is 74.6 Å². The van der Waals surface area contributed by atoms with Crippen molar-refractivity contribution in [2.75, 3.05) is 38.8 Å². The van der Waals surface area contributed by atoms with Crippen LogP contribution in [-0.2, 0) is 12.0 Å². The van der Waals surface area contributed by atoms with Crippen molar-refractivity contribution < 1.29 is 23.8 Å². The van der Waals surface area contributed by atoms with Crippen LogP contribution in [0.2, 0.25) is 0 Å². The van der Waals surface area contributed by atoms with Gasteiger partial charge in [0, 0.05) is 31.8 Å². The van der Waals surface area contributed by atoms with E-state index in [2.05, 4.69) is 20.2 Å². The highest BCUT2D eigenvalue weighted by Crippen LogP contribution is 2.41. The molecule has 9 heteroatoms. The fraction of sp³-hybridized carbons (Fsp3) is 0.462. The number of ether oxygens (including phenoxy) is 2. The van der Waals surface area contributed by atoms with Crippen molar-refractivity contribution in [3.8, 4) is 17.2 Å². The van der Waals surface area contributed by atoms with Crippen LogP contribution in [0.1, 0.15) is 61.7 Å². The van der Waals surface area contributed by atoms with Gasteiger partial charge in [-0.15, -0.1) is 0 Å². The molecular weight excluding hydrogens is 517 g/mol. The second-order valence-electron chi connectivity index (χ2n) is 9.64. The maximum Gasteiger partial charge on any atom is 0.197 e. The number of ketones is 1. The van der Waals surface area contributed by atoms with Gasteiger partial charge in [0.25, 0.3) is 0 Å². The Hall–Kier alpha value is -2.81. The fourth-order valence-electron chi connectivity index (χ4n) is 4.19. The third kappa shape index (κ3) is 5.24. The van der Waals surface area contributed by atoms with Gasteiger partial charge in [0.2, 0.25) is 0 Å². The molecule has 0 radical (unpaired) electrons. The lowest BCUT2D eigenvalue weighted by atomic mass is 9.84. The van der Waals surface area contributed by atoms with Crippen molar-refractivity contribution in [3.05, 3.63) is 46.3 Å². The number of benzene rings is 2. The fourth-order valence-corrected chi connectivity index (χ4v) is 4.59. The molecule has 0 amide bonds. The Morgan fingerprint density at radius 3 is 2.40 bits per heavy atom. The molecule has 0 aliphatic carbocycles. The van der Waals surface area contributed by atoms with E-state index in [1.807, 2.05) is 41.8 Å². The number of aromatic hydroxyl groups is 1. The maximum absolute atomic E-state index is 15.5. The molecule has 0 saturated heterocycles. The van der Waals surface area contributed by atoms with Crippen molar-refractivity contribution in [3.63, 3.8) is 0 Å². The summed E-state index contributed by atoms with van der Waals surface area (Å²) in [4.78, 5) is 16.9. The predicted octanol–water partition coefficient (Wildman–Crippen LogP) is 5.45. The van der Waals surface area contributed by atoms with E-state index in [9.17, 15) is 9.90 Å². The number of fused-ring (bicyclic) bond motifs is 1. The smallest absolute Gasteiger partial charge is 0.197 e. The van der Waals surface area contributed by atoms with E-state index in [4.69, 9.17) is 9.47 Å². The molecule has 0 atom stereocenters. The molecule has 1 heterocycles. The maximum atomic E-state index is 15.5. The van der Waals surface area contributed by atoms with Crippen molar-refractivity contribution in [1.29, 1.82) is 0 Å². The van der Waals surface area contributed by atoms with Gasteiger partial charge in [0.1, 0.15) is 11.6 Å². The molecule has 0 aromatic heterocycles. The summed E-state index contributed by atoms with van der Waals surface area (Å²) in [5.41, 5.74) is 2.29. The average Bonchev–Trinajstić information content (AvgIpc) is 3.12. The minimum atomic E-state index is -0.560. The molecule has 2 aromatic rings.